The van der Waals surface area contributed by atoms with E-state index < -0.39 is 5.92 Å². The van der Waals surface area contributed by atoms with Crippen molar-refractivity contribution in [2.45, 2.75) is 52.9 Å². The second-order valence-corrected chi connectivity index (χ2v) is 5.46. The topological polar surface area (TPSA) is 44.1 Å². The minimum atomic E-state index is -0.425. The Kier molecular flexibility index (Phi) is 4.99. The molecule has 0 spiro atoms. The van der Waals surface area contributed by atoms with E-state index in [1.165, 1.54) is 6.42 Å². The highest BCUT2D eigenvalue weighted by atomic mass is 16.2. The number of piperidine rings is 1. The molecule has 1 heterocycles. The molecular formula is C14H24N2O. The van der Waals surface area contributed by atoms with Gasteiger partial charge in [0.2, 0.25) is 5.91 Å². The monoisotopic (exact) mass is 236 g/mol. The number of nitrogens with zero attached hydrogens (tertiary/aromatic N) is 2. The standard InChI is InChI=1S/C14H24N2O/c1-4-6-12(11-15)13(17)16-9-7-14(3,5-2)8-10-16/h12H,4-10H2,1-3H3. The zero-order valence-electron chi connectivity index (χ0n) is 11.3. The minimum absolute atomic E-state index is 0.0486. The van der Waals surface area contributed by atoms with Gasteiger partial charge in [0.05, 0.1) is 6.07 Å². The van der Waals surface area contributed by atoms with Crippen LogP contribution in [-0.4, -0.2) is 23.9 Å². The molecule has 1 fully saturated rings. The third-order valence-corrected chi connectivity index (χ3v) is 4.17. The van der Waals surface area contributed by atoms with Crippen molar-refractivity contribution in [2.75, 3.05) is 13.1 Å². The van der Waals surface area contributed by atoms with Gasteiger partial charge < -0.3 is 4.90 Å². The summed E-state index contributed by atoms with van der Waals surface area (Å²) >= 11 is 0. The molecule has 1 atom stereocenters. The fourth-order valence-electron chi connectivity index (χ4n) is 2.37. The fourth-order valence-corrected chi connectivity index (χ4v) is 2.37. The number of rotatable bonds is 4. The van der Waals surface area contributed by atoms with E-state index in [2.05, 4.69) is 19.9 Å². The molecule has 0 N–H and O–H groups in total. The molecule has 1 aliphatic rings. The summed E-state index contributed by atoms with van der Waals surface area (Å²) in [7, 11) is 0. The summed E-state index contributed by atoms with van der Waals surface area (Å²) in [4.78, 5) is 14.0. The second kappa shape index (κ2) is 6.05. The quantitative estimate of drug-likeness (QED) is 0.753. The lowest BCUT2D eigenvalue weighted by Crippen LogP contribution is -2.44. The maximum Gasteiger partial charge on any atom is 0.239 e. The van der Waals surface area contributed by atoms with Gasteiger partial charge in [0.25, 0.3) is 0 Å². The highest BCUT2D eigenvalue weighted by Crippen LogP contribution is 2.34. The van der Waals surface area contributed by atoms with E-state index in [0.717, 1.165) is 32.4 Å². The number of nitriles is 1. The van der Waals surface area contributed by atoms with E-state index in [0.29, 0.717) is 11.8 Å². The van der Waals surface area contributed by atoms with E-state index in [-0.39, 0.29) is 5.91 Å². The first-order valence-electron chi connectivity index (χ1n) is 6.74. The lowest BCUT2D eigenvalue weighted by Gasteiger charge is -2.39. The van der Waals surface area contributed by atoms with Crippen LogP contribution in [0.5, 0.6) is 0 Å². The fraction of sp³-hybridized carbons (Fsp3) is 0.857. The molecule has 0 saturated carbocycles. The number of amides is 1. The van der Waals surface area contributed by atoms with Crippen molar-refractivity contribution >= 4 is 5.91 Å². The van der Waals surface area contributed by atoms with Crippen LogP contribution in [0.25, 0.3) is 0 Å². The molecule has 17 heavy (non-hydrogen) atoms. The third-order valence-electron chi connectivity index (χ3n) is 4.17. The van der Waals surface area contributed by atoms with Crippen LogP contribution < -0.4 is 0 Å². The Morgan fingerprint density at radius 2 is 2.00 bits per heavy atom. The van der Waals surface area contributed by atoms with Gasteiger partial charge in [-0.25, -0.2) is 0 Å². The van der Waals surface area contributed by atoms with Crippen molar-refractivity contribution in [3.8, 4) is 6.07 Å². The van der Waals surface area contributed by atoms with Gasteiger partial charge >= 0.3 is 0 Å². The van der Waals surface area contributed by atoms with Gasteiger partial charge in [-0.3, -0.25) is 4.79 Å². The molecule has 3 nitrogen and oxygen atoms in total. The molecule has 96 valence electrons. The van der Waals surface area contributed by atoms with Crippen molar-refractivity contribution < 1.29 is 4.79 Å². The molecule has 0 bridgehead atoms. The predicted molar refractivity (Wildman–Crippen MR) is 68.2 cm³/mol. The maximum atomic E-state index is 12.1. The third kappa shape index (κ3) is 3.46. The van der Waals surface area contributed by atoms with Gasteiger partial charge in [-0.1, -0.05) is 33.6 Å². The average Bonchev–Trinajstić information content (AvgIpc) is 2.36. The molecule has 0 aliphatic carbocycles. The first-order valence-corrected chi connectivity index (χ1v) is 6.74. The van der Waals surface area contributed by atoms with Gasteiger partial charge in [-0.05, 0) is 24.7 Å². The summed E-state index contributed by atoms with van der Waals surface area (Å²) in [6, 6.07) is 2.14. The summed E-state index contributed by atoms with van der Waals surface area (Å²) in [6.45, 7) is 8.17. The summed E-state index contributed by atoms with van der Waals surface area (Å²) < 4.78 is 0. The summed E-state index contributed by atoms with van der Waals surface area (Å²) in [5, 5.41) is 9.01. The molecule has 1 saturated heterocycles. The lowest BCUT2D eigenvalue weighted by molar-refractivity contribution is -0.136. The van der Waals surface area contributed by atoms with E-state index in [1.54, 1.807) is 0 Å². The number of likely N-dealkylation sites (tertiary alicyclic amines) is 1. The van der Waals surface area contributed by atoms with Crippen LogP contribution in [0.2, 0.25) is 0 Å². The van der Waals surface area contributed by atoms with E-state index in [1.807, 2.05) is 11.8 Å². The summed E-state index contributed by atoms with van der Waals surface area (Å²) in [5.41, 5.74) is 0.393. The van der Waals surface area contributed by atoms with Gasteiger partial charge in [0.15, 0.2) is 0 Å². The van der Waals surface area contributed by atoms with Gasteiger partial charge in [0.1, 0.15) is 5.92 Å². The SMILES string of the molecule is CCCC(C#N)C(=O)N1CCC(C)(CC)CC1. The molecule has 1 amide bonds. The first-order chi connectivity index (χ1) is 8.06. The Hall–Kier alpha value is -1.04. The molecular weight excluding hydrogens is 212 g/mol. The highest BCUT2D eigenvalue weighted by Gasteiger charge is 2.32. The normalized spacial score (nSPS) is 20.7. The van der Waals surface area contributed by atoms with Crippen molar-refractivity contribution in [2.24, 2.45) is 11.3 Å². The zero-order valence-corrected chi connectivity index (χ0v) is 11.3. The van der Waals surface area contributed by atoms with Crippen LogP contribution in [-0.2, 0) is 4.79 Å². The Morgan fingerprint density at radius 3 is 2.41 bits per heavy atom. The largest absolute Gasteiger partial charge is 0.342 e. The number of hydrogen-bond donors (Lipinski definition) is 0. The first kappa shape index (κ1) is 14.0. The molecule has 1 rings (SSSR count). The maximum absolute atomic E-state index is 12.1. The van der Waals surface area contributed by atoms with Crippen LogP contribution in [0.4, 0.5) is 0 Å². The molecule has 3 heteroatoms. The van der Waals surface area contributed by atoms with Crippen LogP contribution >= 0.6 is 0 Å². The molecule has 0 radical (unpaired) electrons. The van der Waals surface area contributed by atoms with E-state index in [9.17, 15) is 4.79 Å². The summed E-state index contributed by atoms with van der Waals surface area (Å²) in [5.74, 6) is -0.376. The minimum Gasteiger partial charge on any atom is -0.342 e. The Morgan fingerprint density at radius 1 is 1.41 bits per heavy atom. The number of carbonyl (C=O) groups excluding carboxylic acids is 1. The van der Waals surface area contributed by atoms with Crippen LogP contribution in [0.15, 0.2) is 0 Å². The van der Waals surface area contributed by atoms with Gasteiger partial charge in [0, 0.05) is 13.1 Å². The van der Waals surface area contributed by atoms with Gasteiger partial charge in [-0.2, -0.15) is 5.26 Å². The van der Waals surface area contributed by atoms with E-state index in [4.69, 9.17) is 5.26 Å². The van der Waals surface area contributed by atoms with Gasteiger partial charge in [-0.15, -0.1) is 0 Å². The summed E-state index contributed by atoms with van der Waals surface area (Å²) in [6.07, 6.45) is 4.89. The molecule has 1 unspecified atom stereocenters. The molecule has 0 aromatic heterocycles. The van der Waals surface area contributed by atoms with Crippen molar-refractivity contribution in [1.29, 1.82) is 5.26 Å². The smallest absolute Gasteiger partial charge is 0.239 e. The molecule has 0 aromatic rings. The van der Waals surface area contributed by atoms with E-state index >= 15 is 0 Å². The second-order valence-electron chi connectivity index (χ2n) is 5.46. The van der Waals surface area contributed by atoms with Crippen molar-refractivity contribution in [1.82, 2.24) is 4.90 Å². The van der Waals surface area contributed by atoms with Crippen molar-refractivity contribution in [3.63, 3.8) is 0 Å². The average molecular weight is 236 g/mol. The number of hydrogen-bond acceptors (Lipinski definition) is 2. The van der Waals surface area contributed by atoms with Crippen molar-refractivity contribution in [3.05, 3.63) is 0 Å². The highest BCUT2D eigenvalue weighted by molar-refractivity contribution is 5.81. The van der Waals surface area contributed by atoms with Crippen LogP contribution in [0, 0.1) is 22.7 Å². The lowest BCUT2D eigenvalue weighted by atomic mass is 9.78. The van der Waals surface area contributed by atoms with Crippen LogP contribution in [0.3, 0.4) is 0 Å². The number of carbonyl (C=O) groups is 1. The Bertz CT molecular complexity index is 298. The Labute approximate surface area is 105 Å². The predicted octanol–water partition coefficient (Wildman–Crippen LogP) is 2.96. The molecule has 0 aromatic carbocycles. The zero-order chi connectivity index (χ0) is 12.9. The Balaban J connectivity index is 2.54. The molecule has 1 aliphatic heterocycles. The van der Waals surface area contributed by atoms with Crippen LogP contribution in [0.1, 0.15) is 52.9 Å².